The highest BCUT2D eigenvalue weighted by molar-refractivity contribution is 14.1. The first-order chi connectivity index (χ1) is 9.83. The van der Waals surface area contributed by atoms with Crippen molar-refractivity contribution >= 4 is 56.9 Å². The Bertz CT molecular complexity index is 429. The standard InChI is InChI=1S/C10H13BrIN3O6/c1-5(17)19-3-7(20-4-16)9(21-6(2)18)8(10(11)12)14-15-13/h4,7-10H,3H2,1-2H3/t7-,8?,9-,10?/m1/s1. The maximum absolute atomic E-state index is 11.2. The molecule has 0 saturated heterocycles. The minimum absolute atomic E-state index is 0.133. The number of halogens is 2. The van der Waals surface area contributed by atoms with Crippen LogP contribution in [0.15, 0.2) is 5.11 Å². The summed E-state index contributed by atoms with van der Waals surface area (Å²) >= 11 is 5.11. The van der Waals surface area contributed by atoms with Crippen molar-refractivity contribution < 1.29 is 28.6 Å². The van der Waals surface area contributed by atoms with E-state index in [1.807, 2.05) is 22.6 Å². The Balaban J connectivity index is 5.35. The van der Waals surface area contributed by atoms with E-state index < -0.39 is 33.0 Å². The molecule has 11 heteroatoms. The van der Waals surface area contributed by atoms with Gasteiger partial charge in [-0.25, -0.2) is 0 Å². The van der Waals surface area contributed by atoms with Crippen LogP contribution in [0.1, 0.15) is 13.8 Å². The highest BCUT2D eigenvalue weighted by atomic mass is 127. The molecular formula is C10H13BrIN3O6. The van der Waals surface area contributed by atoms with E-state index in [-0.39, 0.29) is 13.1 Å². The molecule has 9 nitrogen and oxygen atoms in total. The zero-order valence-corrected chi connectivity index (χ0v) is 14.9. The highest BCUT2D eigenvalue weighted by Gasteiger charge is 2.37. The third kappa shape index (κ3) is 8.07. The Kier molecular flexibility index (Phi) is 10.1. The molecule has 2 unspecified atom stereocenters. The average molecular weight is 478 g/mol. The zero-order valence-electron chi connectivity index (χ0n) is 11.1. The Morgan fingerprint density at radius 2 is 2.05 bits per heavy atom. The summed E-state index contributed by atoms with van der Waals surface area (Å²) in [5, 5.41) is 3.52. The second-order valence-corrected chi connectivity index (χ2v) is 7.72. The summed E-state index contributed by atoms with van der Waals surface area (Å²) in [5.41, 5.74) is 8.60. The predicted molar refractivity (Wildman–Crippen MR) is 82.8 cm³/mol. The second kappa shape index (κ2) is 10.6. The molecule has 0 aliphatic heterocycles. The Morgan fingerprint density at radius 1 is 1.43 bits per heavy atom. The van der Waals surface area contributed by atoms with Crippen molar-refractivity contribution in [3.8, 4) is 0 Å². The lowest BCUT2D eigenvalue weighted by Crippen LogP contribution is -2.46. The van der Waals surface area contributed by atoms with Crippen molar-refractivity contribution in [1.82, 2.24) is 0 Å². The van der Waals surface area contributed by atoms with E-state index in [4.69, 9.17) is 19.7 Å². The molecule has 0 spiro atoms. The van der Waals surface area contributed by atoms with Crippen molar-refractivity contribution in [2.24, 2.45) is 5.11 Å². The third-order valence-corrected chi connectivity index (χ3v) is 3.41. The van der Waals surface area contributed by atoms with Crippen LogP contribution in [0, 0.1) is 0 Å². The lowest BCUT2D eigenvalue weighted by molar-refractivity contribution is -0.168. The number of hydrogen-bond acceptors (Lipinski definition) is 7. The first kappa shape index (κ1) is 19.9. The molecule has 0 heterocycles. The van der Waals surface area contributed by atoms with Crippen molar-refractivity contribution in [3.05, 3.63) is 10.4 Å². The Labute approximate surface area is 142 Å². The third-order valence-electron chi connectivity index (χ3n) is 2.13. The van der Waals surface area contributed by atoms with Gasteiger partial charge in [-0.15, -0.1) is 0 Å². The van der Waals surface area contributed by atoms with E-state index in [0.717, 1.165) is 6.92 Å². The molecule has 21 heavy (non-hydrogen) atoms. The monoisotopic (exact) mass is 477 g/mol. The molecule has 0 saturated carbocycles. The molecule has 0 aromatic heterocycles. The summed E-state index contributed by atoms with van der Waals surface area (Å²) in [6, 6.07) is -0.875. The molecule has 0 rings (SSSR count). The first-order valence-electron chi connectivity index (χ1n) is 5.55. The second-order valence-electron chi connectivity index (χ2n) is 3.68. The fraction of sp³-hybridized carbons (Fsp3) is 0.700. The van der Waals surface area contributed by atoms with Crippen molar-refractivity contribution in [2.75, 3.05) is 6.61 Å². The van der Waals surface area contributed by atoms with Gasteiger partial charge in [0.2, 0.25) is 0 Å². The van der Waals surface area contributed by atoms with Crippen LogP contribution in [0.3, 0.4) is 0 Å². The van der Waals surface area contributed by atoms with E-state index >= 15 is 0 Å². The maximum Gasteiger partial charge on any atom is 0.303 e. The van der Waals surface area contributed by atoms with Crippen LogP contribution in [0.2, 0.25) is 0 Å². The summed E-state index contributed by atoms with van der Waals surface area (Å²) in [5.74, 6) is -1.26. The molecule has 0 aromatic rings. The number of rotatable bonds is 9. The molecule has 0 aromatic carbocycles. The van der Waals surface area contributed by atoms with Crippen LogP contribution in [0.25, 0.3) is 10.4 Å². The lowest BCUT2D eigenvalue weighted by atomic mass is 10.1. The molecule has 118 valence electrons. The van der Waals surface area contributed by atoms with Gasteiger partial charge in [0.1, 0.15) is 6.61 Å². The van der Waals surface area contributed by atoms with Crippen LogP contribution >= 0.6 is 38.5 Å². The minimum Gasteiger partial charge on any atom is -0.462 e. The van der Waals surface area contributed by atoms with Crippen LogP contribution in [0.5, 0.6) is 0 Å². The van der Waals surface area contributed by atoms with Gasteiger partial charge in [0.25, 0.3) is 6.47 Å². The summed E-state index contributed by atoms with van der Waals surface area (Å²) < 4.78 is 14.2. The fourth-order valence-corrected chi connectivity index (χ4v) is 2.32. The summed E-state index contributed by atoms with van der Waals surface area (Å²) in [6.45, 7) is 2.13. The van der Waals surface area contributed by atoms with Gasteiger partial charge in [-0.2, -0.15) is 0 Å². The van der Waals surface area contributed by atoms with Gasteiger partial charge in [0.05, 0.1) is 8.88 Å². The van der Waals surface area contributed by atoms with E-state index in [1.165, 1.54) is 6.92 Å². The topological polar surface area (TPSA) is 128 Å². The smallest absolute Gasteiger partial charge is 0.303 e. The maximum atomic E-state index is 11.2. The molecule has 0 fully saturated rings. The molecule has 0 aliphatic rings. The largest absolute Gasteiger partial charge is 0.462 e. The van der Waals surface area contributed by atoms with Crippen molar-refractivity contribution in [2.45, 2.75) is 34.9 Å². The Morgan fingerprint density at radius 3 is 2.43 bits per heavy atom. The van der Waals surface area contributed by atoms with Gasteiger partial charge in [-0.3, -0.25) is 14.4 Å². The first-order valence-corrected chi connectivity index (χ1v) is 7.71. The average Bonchev–Trinajstić information content (AvgIpc) is 2.38. The van der Waals surface area contributed by atoms with E-state index in [0.29, 0.717) is 0 Å². The number of hydrogen-bond donors (Lipinski definition) is 0. The van der Waals surface area contributed by atoms with Crippen LogP contribution in [-0.4, -0.2) is 46.1 Å². The summed E-state index contributed by atoms with van der Waals surface area (Å²) in [7, 11) is 0. The van der Waals surface area contributed by atoms with E-state index in [9.17, 15) is 14.4 Å². The zero-order chi connectivity index (χ0) is 16.4. The number of esters is 2. The van der Waals surface area contributed by atoms with Gasteiger partial charge >= 0.3 is 11.9 Å². The number of carbonyl (C=O) groups is 3. The number of carbonyl (C=O) groups excluding carboxylic acids is 3. The quantitative estimate of drug-likeness (QED) is 0.0728. The van der Waals surface area contributed by atoms with Gasteiger partial charge in [0.15, 0.2) is 12.2 Å². The molecule has 0 N–H and O–H groups in total. The molecular weight excluding hydrogens is 465 g/mol. The number of nitrogens with zero attached hydrogens (tertiary/aromatic N) is 3. The van der Waals surface area contributed by atoms with Gasteiger partial charge < -0.3 is 14.2 Å². The Hall–Kier alpha value is -1.07. The van der Waals surface area contributed by atoms with Gasteiger partial charge in [-0.05, 0) is 5.53 Å². The minimum atomic E-state index is -1.11. The highest BCUT2D eigenvalue weighted by Crippen LogP contribution is 2.25. The van der Waals surface area contributed by atoms with Crippen molar-refractivity contribution in [3.63, 3.8) is 0 Å². The molecule has 0 bridgehead atoms. The van der Waals surface area contributed by atoms with Gasteiger partial charge in [0, 0.05) is 18.8 Å². The van der Waals surface area contributed by atoms with Gasteiger partial charge in [-0.1, -0.05) is 43.6 Å². The fourth-order valence-electron chi connectivity index (χ4n) is 1.36. The molecule has 0 radical (unpaired) electrons. The molecule has 0 amide bonds. The van der Waals surface area contributed by atoms with E-state index in [1.54, 1.807) is 0 Å². The number of azide groups is 1. The lowest BCUT2D eigenvalue weighted by Gasteiger charge is -2.29. The SMILES string of the molecule is CC(=O)OC[C@@H](OC=O)[C@@H](OC(C)=O)C(N=[N+]=[N-])C(Br)I. The normalized spacial score (nSPS) is 15.6. The summed E-state index contributed by atoms with van der Waals surface area (Å²) in [4.78, 5) is 35.3. The van der Waals surface area contributed by atoms with Crippen molar-refractivity contribution in [1.29, 1.82) is 0 Å². The van der Waals surface area contributed by atoms with Crippen LogP contribution in [0.4, 0.5) is 0 Å². The van der Waals surface area contributed by atoms with Crippen LogP contribution in [-0.2, 0) is 28.6 Å². The molecule has 0 aliphatic carbocycles. The predicted octanol–water partition coefficient (Wildman–Crippen LogP) is 1.86. The van der Waals surface area contributed by atoms with E-state index in [2.05, 4.69) is 26.0 Å². The van der Waals surface area contributed by atoms with Crippen LogP contribution < -0.4 is 0 Å². The molecule has 4 atom stereocenters. The number of alkyl halides is 2. The number of ether oxygens (including phenoxy) is 3. The summed E-state index contributed by atoms with van der Waals surface area (Å²) in [6.07, 6.45) is -2.20.